The van der Waals surface area contributed by atoms with Crippen LogP contribution in [0.5, 0.6) is 0 Å². The maximum Gasteiger partial charge on any atom is 0.434 e. The van der Waals surface area contributed by atoms with E-state index in [1.807, 2.05) is 0 Å². The quantitative estimate of drug-likeness (QED) is 0.440. The first-order valence-electron chi connectivity index (χ1n) is 5.88. The molecule has 0 heterocycles. The molecule has 0 radical (unpaired) electrons. The highest BCUT2D eigenvalue weighted by Crippen LogP contribution is 2.36. The molecule has 0 N–H and O–H groups in total. The first-order chi connectivity index (χ1) is 9.67. The molecule has 0 aromatic carbocycles. The van der Waals surface area contributed by atoms with Crippen molar-refractivity contribution in [3.05, 3.63) is 12.2 Å². The maximum absolute atomic E-state index is 12.3. The monoisotopic (exact) mass is 336 g/mol. The van der Waals surface area contributed by atoms with Crippen molar-refractivity contribution in [2.45, 2.75) is 45.3 Å². The Bertz CT molecular complexity index is 424. The molecule has 0 aliphatic heterocycles. The van der Waals surface area contributed by atoms with Crippen LogP contribution < -0.4 is 0 Å². The van der Waals surface area contributed by atoms with Crippen LogP contribution in [0.25, 0.3) is 0 Å². The zero-order valence-electron chi connectivity index (χ0n) is 11.8. The van der Waals surface area contributed by atoms with Gasteiger partial charge in [0.15, 0.2) is 0 Å². The first kappa shape index (κ1) is 20.3. The zero-order valence-corrected chi connectivity index (χ0v) is 11.8. The van der Waals surface area contributed by atoms with Crippen molar-refractivity contribution in [3.63, 3.8) is 0 Å². The molecule has 0 saturated heterocycles. The van der Waals surface area contributed by atoms with Gasteiger partial charge in [-0.25, -0.2) is 9.59 Å². The number of hydrogen-bond donors (Lipinski definition) is 0. The van der Waals surface area contributed by atoms with Crippen molar-refractivity contribution >= 4 is 11.9 Å². The summed E-state index contributed by atoms with van der Waals surface area (Å²) in [7, 11) is 0. The summed E-state index contributed by atoms with van der Waals surface area (Å²) in [6.07, 6.45) is -17.9. The van der Waals surface area contributed by atoms with Gasteiger partial charge in [0.1, 0.15) is 0 Å². The van der Waals surface area contributed by atoms with Gasteiger partial charge in [-0.1, -0.05) is 20.4 Å². The molecule has 0 fully saturated rings. The highest BCUT2D eigenvalue weighted by atomic mass is 19.4. The molecule has 0 aromatic rings. The van der Waals surface area contributed by atoms with Crippen molar-refractivity contribution in [3.8, 4) is 0 Å². The smallest absolute Gasteiger partial charge is 0.434 e. The lowest BCUT2D eigenvalue weighted by Gasteiger charge is -2.26. The van der Waals surface area contributed by atoms with Crippen LogP contribution in [0.2, 0.25) is 0 Å². The van der Waals surface area contributed by atoms with E-state index in [9.17, 15) is 35.9 Å². The number of carbonyl (C=O) groups is 2. The summed E-state index contributed by atoms with van der Waals surface area (Å²) in [5, 5.41) is 0. The van der Waals surface area contributed by atoms with Gasteiger partial charge in [-0.3, -0.25) is 0 Å². The van der Waals surface area contributed by atoms with E-state index in [-0.39, 0.29) is 5.57 Å². The van der Waals surface area contributed by atoms with Gasteiger partial charge < -0.3 is 9.47 Å². The second-order valence-electron chi connectivity index (χ2n) is 4.75. The number of alkyl halides is 6. The molecule has 0 aliphatic carbocycles. The van der Waals surface area contributed by atoms with E-state index in [0.29, 0.717) is 0 Å². The molecule has 4 nitrogen and oxygen atoms in total. The molecular weight excluding hydrogens is 322 g/mol. The van der Waals surface area contributed by atoms with Crippen LogP contribution in [0, 0.1) is 5.92 Å². The van der Waals surface area contributed by atoms with E-state index in [1.54, 1.807) is 0 Å². The number of rotatable bonds is 5. The lowest BCUT2D eigenvalue weighted by Crippen LogP contribution is -2.48. The normalized spacial score (nSPS) is 14.0. The summed E-state index contributed by atoms with van der Waals surface area (Å²) in [5.41, 5.74) is -0.179. The number of ether oxygens (including phenoxy) is 2. The summed E-state index contributed by atoms with van der Waals surface area (Å²) < 4.78 is 81.9. The molecular formula is C12H14F6O4. The maximum atomic E-state index is 12.3. The predicted molar refractivity (Wildman–Crippen MR) is 61.5 cm³/mol. The zero-order chi connectivity index (χ0) is 17.9. The number of halogens is 6. The second kappa shape index (κ2) is 7.01. The summed E-state index contributed by atoms with van der Waals surface area (Å²) in [5.74, 6) is -3.98. The Morgan fingerprint density at radius 2 is 1.36 bits per heavy atom. The van der Waals surface area contributed by atoms with Crippen LogP contribution in [-0.4, -0.2) is 36.5 Å². The Morgan fingerprint density at radius 3 is 1.64 bits per heavy atom. The standard InChI is InChI=1S/C12H14F6O4/c1-5(2)7(21-8(19)6(3)4)9(20)22-10(11(13,14)15)12(16,17)18/h5,7,10H,3H2,1-2,4H3. The van der Waals surface area contributed by atoms with Gasteiger partial charge >= 0.3 is 24.3 Å². The molecule has 10 heteroatoms. The fourth-order valence-electron chi connectivity index (χ4n) is 1.17. The van der Waals surface area contributed by atoms with E-state index in [2.05, 4.69) is 16.1 Å². The van der Waals surface area contributed by atoms with Crippen molar-refractivity contribution < 1.29 is 45.4 Å². The van der Waals surface area contributed by atoms with Crippen LogP contribution in [0.4, 0.5) is 26.3 Å². The lowest BCUT2D eigenvalue weighted by molar-refractivity contribution is -0.315. The molecule has 1 atom stereocenters. The molecule has 22 heavy (non-hydrogen) atoms. The molecule has 1 unspecified atom stereocenters. The Hall–Kier alpha value is -1.74. The average Bonchev–Trinajstić information content (AvgIpc) is 2.28. The largest absolute Gasteiger partial charge is 0.447 e. The average molecular weight is 336 g/mol. The molecule has 0 spiro atoms. The van der Waals surface area contributed by atoms with Crippen molar-refractivity contribution in [1.29, 1.82) is 0 Å². The van der Waals surface area contributed by atoms with E-state index in [4.69, 9.17) is 0 Å². The number of hydrogen-bond acceptors (Lipinski definition) is 4. The predicted octanol–water partition coefficient (Wildman–Crippen LogP) is 3.17. The van der Waals surface area contributed by atoms with Crippen LogP contribution in [0.3, 0.4) is 0 Å². The minimum Gasteiger partial charge on any atom is -0.447 e. The van der Waals surface area contributed by atoms with Gasteiger partial charge in [0, 0.05) is 11.5 Å². The first-order valence-corrected chi connectivity index (χ1v) is 5.88. The van der Waals surface area contributed by atoms with Crippen LogP contribution in [0.15, 0.2) is 12.2 Å². The molecule has 0 aromatic heterocycles. The summed E-state index contributed by atoms with van der Waals surface area (Å²) in [6.45, 7) is 6.89. The summed E-state index contributed by atoms with van der Waals surface area (Å²) >= 11 is 0. The molecule has 0 amide bonds. The number of esters is 2. The summed E-state index contributed by atoms with van der Waals surface area (Å²) in [4.78, 5) is 22.8. The fourth-order valence-corrected chi connectivity index (χ4v) is 1.17. The fraction of sp³-hybridized carbons (Fsp3) is 0.667. The second-order valence-corrected chi connectivity index (χ2v) is 4.75. The van der Waals surface area contributed by atoms with Crippen LogP contribution in [-0.2, 0) is 19.1 Å². The van der Waals surface area contributed by atoms with Gasteiger partial charge in [-0.15, -0.1) is 0 Å². The Morgan fingerprint density at radius 1 is 0.955 bits per heavy atom. The molecule has 0 rings (SSSR count). The van der Waals surface area contributed by atoms with Crippen molar-refractivity contribution in [2.24, 2.45) is 5.92 Å². The van der Waals surface area contributed by atoms with Crippen molar-refractivity contribution in [1.82, 2.24) is 0 Å². The van der Waals surface area contributed by atoms with Crippen LogP contribution >= 0.6 is 0 Å². The lowest BCUT2D eigenvalue weighted by atomic mass is 10.1. The van der Waals surface area contributed by atoms with Gasteiger partial charge in [-0.2, -0.15) is 26.3 Å². The van der Waals surface area contributed by atoms with E-state index in [0.717, 1.165) is 0 Å². The number of carbonyl (C=O) groups excluding carboxylic acids is 2. The third-order valence-electron chi connectivity index (χ3n) is 2.25. The molecule has 0 saturated carbocycles. The van der Waals surface area contributed by atoms with Gasteiger partial charge in [0.05, 0.1) is 0 Å². The van der Waals surface area contributed by atoms with E-state index >= 15 is 0 Å². The summed E-state index contributed by atoms with van der Waals surface area (Å²) in [6, 6.07) is 0. The van der Waals surface area contributed by atoms with Gasteiger partial charge in [-0.05, 0) is 6.92 Å². The minimum absolute atomic E-state index is 0.179. The highest BCUT2D eigenvalue weighted by molar-refractivity contribution is 5.89. The molecule has 128 valence electrons. The van der Waals surface area contributed by atoms with E-state index in [1.165, 1.54) is 20.8 Å². The van der Waals surface area contributed by atoms with Gasteiger partial charge in [0.25, 0.3) is 6.10 Å². The minimum atomic E-state index is -5.84. The Labute approximate surface area is 122 Å². The Balaban J connectivity index is 5.25. The van der Waals surface area contributed by atoms with Crippen LogP contribution in [0.1, 0.15) is 20.8 Å². The van der Waals surface area contributed by atoms with E-state index < -0.39 is 42.4 Å². The third-order valence-corrected chi connectivity index (χ3v) is 2.25. The molecule has 0 aliphatic rings. The Kier molecular flexibility index (Phi) is 6.46. The SMILES string of the molecule is C=C(C)C(=O)OC(C(=O)OC(C(F)(F)F)C(F)(F)F)C(C)C. The third kappa shape index (κ3) is 5.94. The van der Waals surface area contributed by atoms with Gasteiger partial charge in [0.2, 0.25) is 6.10 Å². The topological polar surface area (TPSA) is 52.6 Å². The highest BCUT2D eigenvalue weighted by Gasteiger charge is 2.60. The molecule has 0 bridgehead atoms. The van der Waals surface area contributed by atoms with Crippen molar-refractivity contribution in [2.75, 3.05) is 0 Å².